The largest absolute Gasteiger partial charge is 0.382 e. The Hall–Kier alpha value is -1.34. The second-order valence-electron chi connectivity index (χ2n) is 4.20. The van der Waals surface area contributed by atoms with Gasteiger partial charge in [-0.3, -0.25) is 4.79 Å². The number of morpholine rings is 1. The standard InChI is InChI=1S/C11H18N4O2S/c1-3-13-11-14-9(12)8(18-11)10(16)15-4-5-17-7(2)6-15/h7H,3-6,12H2,1-2H3,(H,13,14). The number of ether oxygens (including phenoxy) is 1. The lowest BCUT2D eigenvalue weighted by molar-refractivity contribution is -0.0122. The maximum atomic E-state index is 12.3. The van der Waals surface area contributed by atoms with Crippen LogP contribution in [0.2, 0.25) is 0 Å². The molecule has 0 aliphatic carbocycles. The molecular weight excluding hydrogens is 252 g/mol. The lowest BCUT2D eigenvalue weighted by atomic mass is 10.3. The van der Waals surface area contributed by atoms with Crippen LogP contribution >= 0.6 is 11.3 Å². The summed E-state index contributed by atoms with van der Waals surface area (Å²) in [6.45, 7) is 6.48. The molecule has 0 radical (unpaired) electrons. The van der Waals surface area contributed by atoms with Crippen molar-refractivity contribution in [3.8, 4) is 0 Å². The molecule has 1 amide bonds. The van der Waals surface area contributed by atoms with Gasteiger partial charge in [0.2, 0.25) is 0 Å². The SMILES string of the molecule is CCNc1nc(N)c(C(=O)N2CCOC(C)C2)s1. The van der Waals surface area contributed by atoms with Crippen LogP contribution in [0.25, 0.3) is 0 Å². The minimum atomic E-state index is -0.0516. The van der Waals surface area contributed by atoms with Crippen LogP contribution in [0, 0.1) is 0 Å². The summed E-state index contributed by atoms with van der Waals surface area (Å²) in [7, 11) is 0. The quantitative estimate of drug-likeness (QED) is 0.857. The van der Waals surface area contributed by atoms with Crippen LogP contribution in [0.5, 0.6) is 0 Å². The number of anilines is 2. The van der Waals surface area contributed by atoms with Crippen molar-refractivity contribution in [2.75, 3.05) is 37.3 Å². The lowest BCUT2D eigenvalue weighted by Crippen LogP contribution is -2.44. The first-order valence-electron chi connectivity index (χ1n) is 6.02. The Morgan fingerprint density at radius 1 is 1.72 bits per heavy atom. The number of carbonyl (C=O) groups excluding carboxylic acids is 1. The van der Waals surface area contributed by atoms with Crippen LogP contribution in [-0.4, -0.2) is 48.1 Å². The summed E-state index contributed by atoms with van der Waals surface area (Å²) >= 11 is 1.31. The summed E-state index contributed by atoms with van der Waals surface area (Å²) in [5.41, 5.74) is 5.79. The molecule has 18 heavy (non-hydrogen) atoms. The van der Waals surface area contributed by atoms with Gasteiger partial charge in [-0.15, -0.1) is 0 Å². The molecule has 6 nitrogen and oxygen atoms in total. The minimum absolute atomic E-state index is 0.0516. The monoisotopic (exact) mass is 270 g/mol. The van der Waals surface area contributed by atoms with E-state index < -0.39 is 0 Å². The van der Waals surface area contributed by atoms with Crippen molar-refractivity contribution in [2.45, 2.75) is 20.0 Å². The number of amides is 1. The van der Waals surface area contributed by atoms with Gasteiger partial charge in [0.15, 0.2) is 5.13 Å². The normalized spacial score (nSPS) is 19.9. The van der Waals surface area contributed by atoms with Gasteiger partial charge in [-0.1, -0.05) is 11.3 Å². The third-order valence-electron chi connectivity index (χ3n) is 2.70. The molecule has 3 N–H and O–H groups in total. The van der Waals surface area contributed by atoms with E-state index in [1.165, 1.54) is 11.3 Å². The Kier molecular flexibility index (Phi) is 4.03. The van der Waals surface area contributed by atoms with Gasteiger partial charge in [-0.2, -0.15) is 0 Å². The molecule has 0 aromatic carbocycles. The number of nitrogens with two attached hydrogens (primary N) is 1. The first-order chi connectivity index (χ1) is 8.61. The molecule has 100 valence electrons. The number of carbonyl (C=O) groups is 1. The smallest absolute Gasteiger partial charge is 0.268 e. The van der Waals surface area contributed by atoms with E-state index in [2.05, 4.69) is 10.3 Å². The molecule has 1 fully saturated rings. The van der Waals surface area contributed by atoms with Gasteiger partial charge in [-0.05, 0) is 13.8 Å². The number of hydrogen-bond acceptors (Lipinski definition) is 6. The fourth-order valence-corrected chi connectivity index (χ4v) is 2.78. The van der Waals surface area contributed by atoms with Gasteiger partial charge in [0.1, 0.15) is 10.7 Å². The van der Waals surface area contributed by atoms with Gasteiger partial charge in [0.05, 0.1) is 12.7 Å². The molecule has 0 saturated carbocycles. The molecule has 1 unspecified atom stereocenters. The van der Waals surface area contributed by atoms with E-state index in [9.17, 15) is 4.79 Å². The molecule has 1 aliphatic rings. The van der Waals surface area contributed by atoms with Gasteiger partial charge < -0.3 is 20.7 Å². The second kappa shape index (κ2) is 5.53. The number of rotatable bonds is 3. The molecule has 0 spiro atoms. The van der Waals surface area contributed by atoms with Crippen LogP contribution < -0.4 is 11.1 Å². The highest BCUT2D eigenvalue weighted by molar-refractivity contribution is 7.18. The summed E-state index contributed by atoms with van der Waals surface area (Å²) < 4.78 is 5.42. The Bertz CT molecular complexity index is 435. The maximum absolute atomic E-state index is 12.3. The second-order valence-corrected chi connectivity index (χ2v) is 5.20. The van der Waals surface area contributed by atoms with Gasteiger partial charge in [0.25, 0.3) is 5.91 Å². The highest BCUT2D eigenvalue weighted by Crippen LogP contribution is 2.26. The lowest BCUT2D eigenvalue weighted by Gasteiger charge is -2.30. The number of aromatic nitrogens is 1. The van der Waals surface area contributed by atoms with E-state index in [4.69, 9.17) is 10.5 Å². The topological polar surface area (TPSA) is 80.5 Å². The molecule has 1 atom stereocenters. The van der Waals surface area contributed by atoms with Crippen LogP contribution in [0.15, 0.2) is 0 Å². The first kappa shape index (κ1) is 13.1. The van der Waals surface area contributed by atoms with Crippen LogP contribution in [-0.2, 0) is 4.74 Å². The first-order valence-corrected chi connectivity index (χ1v) is 6.84. The molecule has 1 aliphatic heterocycles. The number of nitrogens with zero attached hydrogens (tertiary/aromatic N) is 2. The van der Waals surface area contributed by atoms with Crippen molar-refractivity contribution < 1.29 is 9.53 Å². The van der Waals surface area contributed by atoms with Gasteiger partial charge in [-0.25, -0.2) is 4.98 Å². The van der Waals surface area contributed by atoms with Crippen molar-refractivity contribution in [3.05, 3.63) is 4.88 Å². The summed E-state index contributed by atoms with van der Waals surface area (Å²) in [4.78, 5) is 18.7. The van der Waals surface area contributed by atoms with Crippen molar-refractivity contribution >= 4 is 28.2 Å². The molecule has 1 aromatic heterocycles. The fraction of sp³-hybridized carbons (Fsp3) is 0.636. The zero-order chi connectivity index (χ0) is 13.1. The molecule has 1 saturated heterocycles. The number of thiazole rings is 1. The number of nitrogens with one attached hydrogen (secondary N) is 1. The summed E-state index contributed by atoms with van der Waals surface area (Å²) in [5, 5.41) is 3.76. The van der Waals surface area contributed by atoms with Crippen LogP contribution in [0.4, 0.5) is 10.9 Å². The van der Waals surface area contributed by atoms with Crippen LogP contribution in [0.1, 0.15) is 23.5 Å². The highest BCUT2D eigenvalue weighted by atomic mass is 32.1. The maximum Gasteiger partial charge on any atom is 0.268 e. The molecule has 2 rings (SSSR count). The molecule has 1 aromatic rings. The van der Waals surface area contributed by atoms with E-state index in [-0.39, 0.29) is 12.0 Å². The molecule has 7 heteroatoms. The van der Waals surface area contributed by atoms with Crippen molar-refractivity contribution in [1.82, 2.24) is 9.88 Å². The van der Waals surface area contributed by atoms with E-state index in [1.807, 2.05) is 13.8 Å². The van der Waals surface area contributed by atoms with Crippen molar-refractivity contribution in [1.29, 1.82) is 0 Å². The molecular formula is C11H18N4O2S. The number of hydrogen-bond donors (Lipinski definition) is 2. The van der Waals surface area contributed by atoms with E-state index in [0.29, 0.717) is 35.5 Å². The highest BCUT2D eigenvalue weighted by Gasteiger charge is 2.26. The van der Waals surface area contributed by atoms with Gasteiger partial charge >= 0.3 is 0 Å². The Morgan fingerprint density at radius 2 is 2.50 bits per heavy atom. The molecule has 2 heterocycles. The van der Waals surface area contributed by atoms with Crippen molar-refractivity contribution in [3.63, 3.8) is 0 Å². The molecule has 0 bridgehead atoms. The Balaban J connectivity index is 2.12. The third-order valence-corrected chi connectivity index (χ3v) is 3.72. The zero-order valence-corrected chi connectivity index (χ0v) is 11.4. The summed E-state index contributed by atoms with van der Waals surface area (Å²) in [6, 6.07) is 0. The summed E-state index contributed by atoms with van der Waals surface area (Å²) in [5.74, 6) is 0.254. The Labute approximate surface area is 110 Å². The fourth-order valence-electron chi connectivity index (χ4n) is 1.86. The third kappa shape index (κ3) is 2.73. The van der Waals surface area contributed by atoms with E-state index in [0.717, 1.165) is 6.54 Å². The average Bonchev–Trinajstić information content (AvgIpc) is 2.70. The van der Waals surface area contributed by atoms with E-state index in [1.54, 1.807) is 4.90 Å². The number of nitrogen functional groups attached to an aromatic ring is 1. The van der Waals surface area contributed by atoms with E-state index >= 15 is 0 Å². The predicted molar refractivity (Wildman–Crippen MR) is 72.0 cm³/mol. The summed E-state index contributed by atoms with van der Waals surface area (Å²) in [6.07, 6.45) is 0.0742. The Morgan fingerprint density at radius 3 is 3.17 bits per heavy atom. The minimum Gasteiger partial charge on any atom is -0.382 e. The average molecular weight is 270 g/mol. The van der Waals surface area contributed by atoms with Crippen LogP contribution in [0.3, 0.4) is 0 Å². The predicted octanol–water partition coefficient (Wildman–Crippen LogP) is 1.02. The van der Waals surface area contributed by atoms with Crippen molar-refractivity contribution in [2.24, 2.45) is 0 Å². The van der Waals surface area contributed by atoms with Gasteiger partial charge in [0, 0.05) is 19.6 Å². The zero-order valence-electron chi connectivity index (χ0n) is 10.6.